The first-order chi connectivity index (χ1) is 4.75. The largest absolute Gasteiger partial charge is 0.390 e. The predicted molar refractivity (Wildman–Crippen MR) is 32.4 cm³/mol. The summed E-state index contributed by atoms with van der Waals surface area (Å²) in [6, 6.07) is 0. The second-order valence-corrected chi connectivity index (χ2v) is 2.32. The Labute approximate surface area is 58.4 Å². The minimum atomic E-state index is -1.05. The first-order valence-electron chi connectivity index (χ1n) is 3.18. The van der Waals surface area contributed by atoms with E-state index in [0.29, 0.717) is 19.3 Å². The lowest BCUT2D eigenvalue weighted by Gasteiger charge is -2.28. The molecule has 0 aliphatic carbocycles. The quantitative estimate of drug-likeness (QED) is 0.451. The molecule has 0 bridgehead atoms. The molecule has 0 spiro atoms. The van der Waals surface area contributed by atoms with E-state index in [1.165, 1.54) is 0 Å². The molecule has 0 aromatic rings. The molecule has 1 unspecified atom stereocenters. The van der Waals surface area contributed by atoms with Crippen LogP contribution in [-0.2, 0) is 9.53 Å². The summed E-state index contributed by atoms with van der Waals surface area (Å²) in [5.74, 6) is 0. The van der Waals surface area contributed by atoms with Crippen LogP contribution in [0, 0.1) is 0 Å². The van der Waals surface area contributed by atoms with E-state index in [1.54, 1.807) is 0 Å². The average Bonchev–Trinajstić information content (AvgIpc) is 1.95. The van der Waals surface area contributed by atoms with Crippen molar-refractivity contribution in [1.29, 1.82) is 0 Å². The molecule has 3 atom stereocenters. The standard InChI is InChI=1S/C6H10O4/c7-3-5-6(9)4(8)1-2-10-5/h3-6,8-9H,1-2H2/t4-,5?,6+/m1/s1. The molecule has 0 aromatic heterocycles. The van der Waals surface area contributed by atoms with Gasteiger partial charge in [-0.05, 0) is 6.42 Å². The fourth-order valence-electron chi connectivity index (χ4n) is 0.933. The Morgan fingerprint density at radius 2 is 2.20 bits per heavy atom. The number of aliphatic hydroxyl groups excluding tert-OH is 2. The average molecular weight is 146 g/mol. The third-order valence-corrected chi connectivity index (χ3v) is 1.59. The van der Waals surface area contributed by atoms with Gasteiger partial charge in [0.25, 0.3) is 0 Å². The van der Waals surface area contributed by atoms with Crippen molar-refractivity contribution in [2.24, 2.45) is 0 Å². The highest BCUT2D eigenvalue weighted by atomic mass is 16.5. The van der Waals surface area contributed by atoms with Crippen molar-refractivity contribution in [3.63, 3.8) is 0 Å². The van der Waals surface area contributed by atoms with E-state index >= 15 is 0 Å². The van der Waals surface area contributed by atoms with Gasteiger partial charge in [-0.15, -0.1) is 0 Å². The van der Waals surface area contributed by atoms with Gasteiger partial charge in [-0.2, -0.15) is 0 Å². The number of ether oxygens (including phenoxy) is 1. The number of aliphatic hydroxyl groups is 2. The highest BCUT2D eigenvalue weighted by molar-refractivity contribution is 5.57. The lowest BCUT2D eigenvalue weighted by Crippen LogP contribution is -2.45. The highest BCUT2D eigenvalue weighted by Gasteiger charge is 2.30. The van der Waals surface area contributed by atoms with E-state index < -0.39 is 18.3 Å². The molecule has 1 fully saturated rings. The summed E-state index contributed by atoms with van der Waals surface area (Å²) in [4.78, 5) is 10.1. The lowest BCUT2D eigenvalue weighted by atomic mass is 10.0. The molecule has 1 saturated heterocycles. The van der Waals surface area contributed by atoms with Crippen molar-refractivity contribution < 1.29 is 19.7 Å². The van der Waals surface area contributed by atoms with Gasteiger partial charge >= 0.3 is 0 Å². The maximum atomic E-state index is 10.1. The van der Waals surface area contributed by atoms with E-state index in [2.05, 4.69) is 0 Å². The molecule has 58 valence electrons. The van der Waals surface area contributed by atoms with E-state index in [9.17, 15) is 4.79 Å². The summed E-state index contributed by atoms with van der Waals surface area (Å²) in [7, 11) is 0. The van der Waals surface area contributed by atoms with Gasteiger partial charge in [0.15, 0.2) is 6.29 Å². The molecule has 0 aromatic carbocycles. The molecule has 10 heavy (non-hydrogen) atoms. The minimum Gasteiger partial charge on any atom is -0.390 e. The van der Waals surface area contributed by atoms with Crippen molar-refractivity contribution in [2.75, 3.05) is 6.61 Å². The van der Waals surface area contributed by atoms with Crippen LogP contribution in [0.2, 0.25) is 0 Å². The van der Waals surface area contributed by atoms with Crippen molar-refractivity contribution in [3.05, 3.63) is 0 Å². The van der Waals surface area contributed by atoms with E-state index in [0.717, 1.165) is 0 Å². The summed E-state index contributed by atoms with van der Waals surface area (Å²) >= 11 is 0. The second kappa shape index (κ2) is 3.09. The molecule has 0 radical (unpaired) electrons. The van der Waals surface area contributed by atoms with Crippen molar-refractivity contribution in [1.82, 2.24) is 0 Å². The third-order valence-electron chi connectivity index (χ3n) is 1.59. The van der Waals surface area contributed by atoms with Crippen molar-refractivity contribution >= 4 is 6.29 Å². The van der Waals surface area contributed by atoms with Gasteiger partial charge < -0.3 is 19.7 Å². The molecule has 1 aliphatic heterocycles. The molecule has 4 heteroatoms. The van der Waals surface area contributed by atoms with Crippen LogP contribution >= 0.6 is 0 Å². The van der Waals surface area contributed by atoms with Crippen LogP contribution < -0.4 is 0 Å². The van der Waals surface area contributed by atoms with Crippen molar-refractivity contribution in [3.8, 4) is 0 Å². The zero-order valence-electron chi connectivity index (χ0n) is 5.43. The lowest BCUT2D eigenvalue weighted by molar-refractivity contribution is -0.150. The number of carbonyl (C=O) groups excluding carboxylic acids is 1. The van der Waals surface area contributed by atoms with Crippen LogP contribution in [0.5, 0.6) is 0 Å². The normalized spacial score (nSPS) is 41.2. The molecule has 1 aliphatic rings. The summed E-state index contributed by atoms with van der Waals surface area (Å²) in [6.45, 7) is 0.335. The summed E-state index contributed by atoms with van der Waals surface area (Å²) in [5, 5.41) is 18.0. The minimum absolute atomic E-state index is 0.335. The predicted octanol–water partition coefficient (Wildman–Crippen LogP) is -1.30. The SMILES string of the molecule is O=CC1OCC[C@@H](O)[C@@H]1O. The molecular weight excluding hydrogens is 136 g/mol. The maximum Gasteiger partial charge on any atom is 0.151 e. The van der Waals surface area contributed by atoms with Gasteiger partial charge in [-0.1, -0.05) is 0 Å². The number of carbonyl (C=O) groups is 1. The first kappa shape index (κ1) is 7.65. The summed E-state index contributed by atoms with van der Waals surface area (Å²) in [5.41, 5.74) is 0. The first-order valence-corrected chi connectivity index (χ1v) is 3.18. The topological polar surface area (TPSA) is 66.8 Å². The Balaban J connectivity index is 2.50. The molecule has 1 rings (SSSR count). The fraction of sp³-hybridized carbons (Fsp3) is 0.833. The zero-order valence-corrected chi connectivity index (χ0v) is 5.43. The van der Waals surface area contributed by atoms with Gasteiger partial charge in [-0.25, -0.2) is 0 Å². The van der Waals surface area contributed by atoms with Gasteiger partial charge in [-0.3, -0.25) is 0 Å². The van der Waals surface area contributed by atoms with Gasteiger partial charge in [0, 0.05) is 0 Å². The smallest absolute Gasteiger partial charge is 0.151 e. The van der Waals surface area contributed by atoms with E-state index in [4.69, 9.17) is 14.9 Å². The van der Waals surface area contributed by atoms with E-state index in [1.807, 2.05) is 0 Å². The Morgan fingerprint density at radius 3 is 2.70 bits per heavy atom. The zero-order chi connectivity index (χ0) is 7.56. The molecule has 0 amide bonds. The monoisotopic (exact) mass is 146 g/mol. The summed E-state index contributed by atoms with van der Waals surface area (Å²) in [6.07, 6.45) is -1.81. The number of hydrogen-bond acceptors (Lipinski definition) is 4. The van der Waals surface area contributed by atoms with E-state index in [-0.39, 0.29) is 0 Å². The maximum absolute atomic E-state index is 10.1. The molecule has 0 saturated carbocycles. The fourth-order valence-corrected chi connectivity index (χ4v) is 0.933. The molecule has 4 nitrogen and oxygen atoms in total. The van der Waals surface area contributed by atoms with Crippen molar-refractivity contribution in [2.45, 2.75) is 24.7 Å². The number of aldehydes is 1. The third kappa shape index (κ3) is 1.34. The molecule has 2 N–H and O–H groups in total. The van der Waals surface area contributed by atoms with Gasteiger partial charge in [0.2, 0.25) is 0 Å². The number of hydrogen-bond donors (Lipinski definition) is 2. The Morgan fingerprint density at radius 1 is 1.50 bits per heavy atom. The van der Waals surface area contributed by atoms with Crippen LogP contribution in [-0.4, -0.2) is 41.4 Å². The van der Waals surface area contributed by atoms with Crippen LogP contribution in [0.15, 0.2) is 0 Å². The van der Waals surface area contributed by atoms with Gasteiger partial charge in [0.1, 0.15) is 12.2 Å². The second-order valence-electron chi connectivity index (χ2n) is 2.32. The van der Waals surface area contributed by atoms with Crippen LogP contribution in [0.25, 0.3) is 0 Å². The van der Waals surface area contributed by atoms with Crippen LogP contribution in [0.4, 0.5) is 0 Å². The van der Waals surface area contributed by atoms with Crippen LogP contribution in [0.3, 0.4) is 0 Å². The Kier molecular flexibility index (Phi) is 2.37. The number of rotatable bonds is 1. The Bertz CT molecular complexity index is 125. The Hall–Kier alpha value is -0.450. The van der Waals surface area contributed by atoms with Gasteiger partial charge in [0.05, 0.1) is 12.7 Å². The highest BCUT2D eigenvalue weighted by Crippen LogP contribution is 2.12. The van der Waals surface area contributed by atoms with Crippen LogP contribution in [0.1, 0.15) is 6.42 Å². The molecular formula is C6H10O4. The molecule has 1 heterocycles. The summed E-state index contributed by atoms with van der Waals surface area (Å²) < 4.78 is 4.83.